The predicted molar refractivity (Wildman–Crippen MR) is 62.1 cm³/mol. The number of aromatic nitrogens is 2. The molecule has 1 aliphatic carbocycles. The molecule has 16 heavy (non-hydrogen) atoms. The first-order valence-corrected chi connectivity index (χ1v) is 6.15. The molecule has 1 aromatic heterocycles. The number of hydrogen-bond donors (Lipinski definition) is 0. The van der Waals surface area contributed by atoms with E-state index in [1.54, 1.807) is 6.92 Å². The second-order valence-electron chi connectivity index (χ2n) is 4.74. The lowest BCUT2D eigenvalue weighted by Gasteiger charge is -2.25. The van der Waals surface area contributed by atoms with Gasteiger partial charge in [0.1, 0.15) is 5.82 Å². The highest BCUT2D eigenvalue weighted by molar-refractivity contribution is 6.29. The Morgan fingerprint density at radius 3 is 2.69 bits per heavy atom. The fraction of sp³-hybridized carbons (Fsp3) is 0.667. The summed E-state index contributed by atoms with van der Waals surface area (Å²) >= 11 is 5.75. The van der Waals surface area contributed by atoms with Crippen molar-refractivity contribution in [2.24, 2.45) is 5.92 Å². The lowest BCUT2D eigenvalue weighted by molar-refractivity contribution is 0.334. The van der Waals surface area contributed by atoms with Gasteiger partial charge in [-0.25, -0.2) is 14.4 Å². The van der Waals surface area contributed by atoms with Crippen LogP contribution >= 0.6 is 11.6 Å². The SMILES string of the molecule is Cc1nc(C2CCCC(C)C2)nc(Cl)c1F. The van der Waals surface area contributed by atoms with E-state index < -0.39 is 5.82 Å². The summed E-state index contributed by atoms with van der Waals surface area (Å²) in [6, 6.07) is 0. The molecule has 2 unspecified atom stereocenters. The minimum absolute atomic E-state index is 0.0410. The van der Waals surface area contributed by atoms with E-state index in [1.807, 2.05) is 0 Å². The van der Waals surface area contributed by atoms with Crippen LogP contribution < -0.4 is 0 Å². The smallest absolute Gasteiger partial charge is 0.181 e. The summed E-state index contributed by atoms with van der Waals surface area (Å²) in [5.74, 6) is 1.27. The van der Waals surface area contributed by atoms with Crippen molar-refractivity contribution < 1.29 is 4.39 Å². The summed E-state index contributed by atoms with van der Waals surface area (Å²) in [5.41, 5.74) is 0.355. The zero-order chi connectivity index (χ0) is 11.7. The first kappa shape index (κ1) is 11.8. The van der Waals surface area contributed by atoms with Crippen molar-refractivity contribution >= 4 is 11.6 Å². The molecule has 0 bridgehead atoms. The molecule has 4 heteroatoms. The van der Waals surface area contributed by atoms with Gasteiger partial charge in [0.2, 0.25) is 0 Å². The standard InChI is InChI=1S/C12H16ClFN2/c1-7-4-3-5-9(6-7)12-15-8(2)10(14)11(13)16-12/h7,9H,3-6H2,1-2H3. The first-order valence-electron chi connectivity index (χ1n) is 5.77. The molecule has 1 aliphatic rings. The van der Waals surface area contributed by atoms with Crippen molar-refractivity contribution in [1.82, 2.24) is 9.97 Å². The van der Waals surface area contributed by atoms with Crippen molar-refractivity contribution in [3.63, 3.8) is 0 Å². The first-order chi connectivity index (χ1) is 7.58. The van der Waals surface area contributed by atoms with E-state index >= 15 is 0 Å². The third kappa shape index (κ3) is 2.34. The Hall–Kier alpha value is -0.700. The summed E-state index contributed by atoms with van der Waals surface area (Å²) in [5, 5.41) is -0.0410. The van der Waals surface area contributed by atoms with Crippen LogP contribution in [0.5, 0.6) is 0 Å². The van der Waals surface area contributed by atoms with Gasteiger partial charge >= 0.3 is 0 Å². The molecule has 0 saturated heterocycles. The van der Waals surface area contributed by atoms with Crippen molar-refractivity contribution in [3.05, 3.63) is 22.5 Å². The molecule has 0 aliphatic heterocycles. The number of nitrogens with zero attached hydrogens (tertiary/aromatic N) is 2. The molecule has 0 N–H and O–H groups in total. The predicted octanol–water partition coefficient (Wildman–Crippen LogP) is 3.87. The van der Waals surface area contributed by atoms with E-state index in [9.17, 15) is 4.39 Å². The van der Waals surface area contributed by atoms with Crippen LogP contribution in [0.4, 0.5) is 4.39 Å². The average molecular weight is 243 g/mol. The molecule has 1 heterocycles. The van der Waals surface area contributed by atoms with E-state index in [1.165, 1.54) is 12.8 Å². The van der Waals surface area contributed by atoms with Crippen LogP contribution in [0, 0.1) is 18.7 Å². The topological polar surface area (TPSA) is 25.8 Å². The van der Waals surface area contributed by atoms with Gasteiger partial charge in [-0.15, -0.1) is 0 Å². The normalized spacial score (nSPS) is 25.8. The quantitative estimate of drug-likeness (QED) is 0.699. The number of aryl methyl sites for hydroxylation is 1. The molecule has 2 atom stereocenters. The van der Waals surface area contributed by atoms with Crippen molar-refractivity contribution in [3.8, 4) is 0 Å². The molecule has 2 rings (SSSR count). The fourth-order valence-corrected chi connectivity index (χ4v) is 2.62. The Labute approximate surface area is 100 Å². The third-order valence-electron chi connectivity index (χ3n) is 3.30. The van der Waals surface area contributed by atoms with Gasteiger partial charge in [-0.05, 0) is 25.7 Å². The number of hydrogen-bond acceptors (Lipinski definition) is 2. The summed E-state index contributed by atoms with van der Waals surface area (Å²) < 4.78 is 13.3. The third-order valence-corrected chi connectivity index (χ3v) is 3.55. The summed E-state index contributed by atoms with van der Waals surface area (Å²) in [7, 11) is 0. The van der Waals surface area contributed by atoms with Crippen molar-refractivity contribution in [2.75, 3.05) is 0 Å². The van der Waals surface area contributed by atoms with E-state index in [2.05, 4.69) is 16.9 Å². The van der Waals surface area contributed by atoms with Crippen LogP contribution in [-0.4, -0.2) is 9.97 Å². The van der Waals surface area contributed by atoms with E-state index in [4.69, 9.17) is 11.6 Å². The van der Waals surface area contributed by atoms with Gasteiger partial charge in [0.25, 0.3) is 0 Å². The molecule has 2 nitrogen and oxygen atoms in total. The lowest BCUT2D eigenvalue weighted by Crippen LogP contribution is -2.15. The Morgan fingerprint density at radius 1 is 1.31 bits per heavy atom. The van der Waals surface area contributed by atoms with Crippen molar-refractivity contribution in [2.45, 2.75) is 45.4 Å². The highest BCUT2D eigenvalue weighted by Crippen LogP contribution is 2.35. The lowest BCUT2D eigenvalue weighted by atomic mass is 9.82. The maximum Gasteiger partial charge on any atom is 0.181 e. The molecule has 0 radical (unpaired) electrons. The van der Waals surface area contributed by atoms with Crippen LogP contribution in [0.15, 0.2) is 0 Å². The zero-order valence-electron chi connectivity index (χ0n) is 9.63. The number of rotatable bonds is 1. The molecule has 0 spiro atoms. The maximum atomic E-state index is 13.3. The summed E-state index contributed by atoms with van der Waals surface area (Å²) in [6.45, 7) is 3.88. The highest BCUT2D eigenvalue weighted by Gasteiger charge is 2.24. The molecule has 1 aromatic rings. The van der Waals surface area contributed by atoms with Crippen molar-refractivity contribution in [1.29, 1.82) is 0 Å². The summed E-state index contributed by atoms with van der Waals surface area (Å²) in [6.07, 6.45) is 4.64. The summed E-state index contributed by atoms with van der Waals surface area (Å²) in [4.78, 5) is 8.29. The monoisotopic (exact) mass is 242 g/mol. The largest absolute Gasteiger partial charge is 0.235 e. The second-order valence-corrected chi connectivity index (χ2v) is 5.10. The zero-order valence-corrected chi connectivity index (χ0v) is 10.4. The van der Waals surface area contributed by atoms with Gasteiger partial charge in [0.15, 0.2) is 11.0 Å². The maximum absolute atomic E-state index is 13.3. The van der Waals surface area contributed by atoms with E-state index in [0.29, 0.717) is 17.5 Å². The van der Waals surface area contributed by atoms with E-state index in [0.717, 1.165) is 18.7 Å². The van der Waals surface area contributed by atoms with E-state index in [-0.39, 0.29) is 5.15 Å². The molecular formula is C12H16ClFN2. The van der Waals surface area contributed by atoms with Gasteiger partial charge in [0, 0.05) is 5.92 Å². The van der Waals surface area contributed by atoms with Crippen LogP contribution in [0.25, 0.3) is 0 Å². The Bertz CT molecular complexity index is 372. The fourth-order valence-electron chi connectivity index (χ4n) is 2.40. The molecule has 88 valence electrons. The molecule has 1 fully saturated rings. The molecule has 1 saturated carbocycles. The minimum Gasteiger partial charge on any atom is -0.235 e. The Kier molecular flexibility index (Phi) is 3.43. The van der Waals surface area contributed by atoms with Gasteiger partial charge in [0.05, 0.1) is 5.69 Å². The van der Waals surface area contributed by atoms with Gasteiger partial charge in [-0.1, -0.05) is 31.4 Å². The number of halogens is 2. The van der Waals surface area contributed by atoms with Crippen LogP contribution in [0.1, 0.15) is 50.0 Å². The molecule has 0 aromatic carbocycles. The van der Waals surface area contributed by atoms with Gasteiger partial charge in [-0.2, -0.15) is 0 Å². The Balaban J connectivity index is 2.26. The minimum atomic E-state index is -0.491. The Morgan fingerprint density at radius 2 is 2.06 bits per heavy atom. The molecular weight excluding hydrogens is 227 g/mol. The van der Waals surface area contributed by atoms with Crippen LogP contribution in [-0.2, 0) is 0 Å². The molecule has 0 amide bonds. The van der Waals surface area contributed by atoms with Crippen LogP contribution in [0.3, 0.4) is 0 Å². The average Bonchev–Trinajstić information content (AvgIpc) is 2.25. The van der Waals surface area contributed by atoms with Gasteiger partial charge < -0.3 is 0 Å². The highest BCUT2D eigenvalue weighted by atomic mass is 35.5. The van der Waals surface area contributed by atoms with Crippen LogP contribution in [0.2, 0.25) is 5.15 Å². The second kappa shape index (κ2) is 4.66. The van der Waals surface area contributed by atoms with Gasteiger partial charge in [-0.3, -0.25) is 0 Å².